The molecule has 0 aliphatic carbocycles. The fourth-order valence-electron chi connectivity index (χ4n) is 4.46. The van der Waals surface area contributed by atoms with Crippen molar-refractivity contribution in [1.29, 1.82) is 0 Å². The van der Waals surface area contributed by atoms with Crippen LogP contribution in [0.2, 0.25) is 0 Å². The van der Waals surface area contributed by atoms with Crippen molar-refractivity contribution >= 4 is 26.8 Å². The molecule has 3 aromatic rings. The van der Waals surface area contributed by atoms with Crippen molar-refractivity contribution in [1.82, 2.24) is 14.2 Å². The standard InChI is InChI=1S/C25H31N3O4S/c1-17-5-7-21(13-18(17)2)33(30,31)27(3)16-25(29)28-11-9-19(10-12-28)23-15-26-24-8-6-20(32-4)14-22(23)24/h5-8,13-15,19,26H,9-12,16H2,1-4H3. The largest absolute Gasteiger partial charge is 0.497 e. The first-order valence-corrected chi connectivity index (χ1v) is 12.6. The van der Waals surface area contributed by atoms with Crippen LogP contribution < -0.4 is 4.74 Å². The van der Waals surface area contributed by atoms with Crippen molar-refractivity contribution in [2.45, 2.75) is 37.5 Å². The number of amides is 1. The molecule has 4 rings (SSSR count). The van der Waals surface area contributed by atoms with Crippen LogP contribution in [0, 0.1) is 13.8 Å². The van der Waals surface area contributed by atoms with Crippen molar-refractivity contribution in [3.63, 3.8) is 0 Å². The van der Waals surface area contributed by atoms with Crippen molar-refractivity contribution in [2.24, 2.45) is 0 Å². The van der Waals surface area contributed by atoms with Crippen LogP contribution in [0.1, 0.15) is 35.4 Å². The quantitative estimate of drug-likeness (QED) is 0.595. The molecule has 0 atom stereocenters. The number of likely N-dealkylation sites (N-methyl/N-ethyl adjacent to an activating group) is 1. The van der Waals surface area contributed by atoms with E-state index in [9.17, 15) is 13.2 Å². The molecule has 0 bridgehead atoms. The number of methoxy groups -OCH3 is 1. The molecule has 33 heavy (non-hydrogen) atoms. The SMILES string of the molecule is COc1ccc2[nH]cc(C3CCN(C(=O)CN(C)S(=O)(=O)c4ccc(C)c(C)c4)CC3)c2c1. The third-order valence-electron chi connectivity index (χ3n) is 6.75. The molecular formula is C25H31N3O4S. The van der Waals surface area contributed by atoms with Gasteiger partial charge in [-0.2, -0.15) is 4.31 Å². The van der Waals surface area contributed by atoms with Gasteiger partial charge in [-0.05, 0) is 79.6 Å². The van der Waals surface area contributed by atoms with Crippen LogP contribution in [0.15, 0.2) is 47.5 Å². The van der Waals surface area contributed by atoms with Gasteiger partial charge in [-0.15, -0.1) is 0 Å². The Balaban J connectivity index is 1.40. The molecule has 0 spiro atoms. The van der Waals surface area contributed by atoms with Crippen LogP contribution in [0.25, 0.3) is 10.9 Å². The molecule has 1 N–H and O–H groups in total. The summed E-state index contributed by atoms with van der Waals surface area (Å²) < 4.78 is 32.4. The first kappa shape index (κ1) is 23.3. The number of carbonyl (C=O) groups is 1. The maximum atomic E-state index is 12.9. The zero-order chi connectivity index (χ0) is 23.8. The van der Waals surface area contributed by atoms with Crippen LogP contribution >= 0.6 is 0 Å². The second kappa shape index (κ2) is 9.19. The normalized spacial score (nSPS) is 15.4. The Bertz CT molecular complexity index is 1270. The van der Waals surface area contributed by atoms with E-state index in [1.54, 1.807) is 30.2 Å². The van der Waals surface area contributed by atoms with Crippen LogP contribution in [0.4, 0.5) is 0 Å². The van der Waals surface area contributed by atoms with Crippen molar-refractivity contribution in [2.75, 3.05) is 33.8 Å². The zero-order valence-corrected chi connectivity index (χ0v) is 20.4. The molecule has 2 heterocycles. The number of hydrogen-bond donors (Lipinski definition) is 1. The first-order valence-electron chi connectivity index (χ1n) is 11.2. The average molecular weight is 470 g/mol. The minimum absolute atomic E-state index is 0.162. The number of benzene rings is 2. The minimum atomic E-state index is -3.72. The van der Waals surface area contributed by atoms with E-state index in [0.29, 0.717) is 19.0 Å². The molecule has 0 radical (unpaired) electrons. The first-order chi connectivity index (χ1) is 15.7. The summed E-state index contributed by atoms with van der Waals surface area (Å²) in [6, 6.07) is 11.1. The monoisotopic (exact) mass is 469 g/mol. The lowest BCUT2D eigenvalue weighted by atomic mass is 9.89. The number of hydrogen-bond acceptors (Lipinski definition) is 4. The van der Waals surface area contributed by atoms with Crippen molar-refractivity contribution < 1.29 is 17.9 Å². The Labute approximate surface area is 195 Å². The number of likely N-dealkylation sites (tertiary alicyclic amines) is 1. The number of rotatable bonds is 6. The molecule has 1 amide bonds. The highest BCUT2D eigenvalue weighted by Gasteiger charge is 2.29. The molecule has 1 aromatic heterocycles. The molecule has 1 saturated heterocycles. The third-order valence-corrected chi connectivity index (χ3v) is 8.55. The van der Waals surface area contributed by atoms with E-state index < -0.39 is 10.0 Å². The van der Waals surface area contributed by atoms with E-state index >= 15 is 0 Å². The Kier molecular flexibility index (Phi) is 6.50. The predicted molar refractivity (Wildman–Crippen MR) is 129 cm³/mol. The number of aromatic nitrogens is 1. The Morgan fingerprint density at radius 1 is 1.12 bits per heavy atom. The third kappa shape index (κ3) is 4.63. The topological polar surface area (TPSA) is 82.7 Å². The summed E-state index contributed by atoms with van der Waals surface area (Å²) in [6.07, 6.45) is 3.73. The van der Waals surface area contributed by atoms with Gasteiger partial charge in [0.2, 0.25) is 15.9 Å². The van der Waals surface area contributed by atoms with Crippen LogP contribution in [0.3, 0.4) is 0 Å². The van der Waals surface area contributed by atoms with E-state index in [-0.39, 0.29) is 17.3 Å². The molecule has 2 aromatic carbocycles. The van der Waals surface area contributed by atoms with Gasteiger partial charge in [-0.1, -0.05) is 6.07 Å². The number of aryl methyl sites for hydroxylation is 2. The number of nitrogens with one attached hydrogen (secondary N) is 1. The second-order valence-electron chi connectivity index (χ2n) is 8.82. The fraction of sp³-hybridized carbons (Fsp3) is 0.400. The lowest BCUT2D eigenvalue weighted by Crippen LogP contribution is -2.44. The highest BCUT2D eigenvalue weighted by Crippen LogP contribution is 2.34. The summed E-state index contributed by atoms with van der Waals surface area (Å²) in [6.45, 7) is 4.88. The van der Waals surface area contributed by atoms with Gasteiger partial charge in [-0.3, -0.25) is 4.79 Å². The molecule has 1 fully saturated rings. The number of sulfonamides is 1. The fourth-order valence-corrected chi connectivity index (χ4v) is 5.66. The van der Waals surface area contributed by atoms with Crippen molar-refractivity contribution in [3.05, 3.63) is 59.3 Å². The predicted octanol–water partition coefficient (Wildman–Crippen LogP) is 3.82. The summed E-state index contributed by atoms with van der Waals surface area (Å²) in [7, 11) is -0.591. The van der Waals surface area contributed by atoms with Crippen molar-refractivity contribution in [3.8, 4) is 5.75 Å². The lowest BCUT2D eigenvalue weighted by molar-refractivity contribution is -0.132. The maximum Gasteiger partial charge on any atom is 0.243 e. The van der Waals surface area contributed by atoms with Gasteiger partial charge < -0.3 is 14.6 Å². The summed E-state index contributed by atoms with van der Waals surface area (Å²) in [5.41, 5.74) is 4.25. The van der Waals surface area contributed by atoms with E-state index in [0.717, 1.165) is 44.9 Å². The number of carbonyl (C=O) groups excluding carboxylic acids is 1. The molecule has 0 unspecified atom stereocenters. The highest BCUT2D eigenvalue weighted by atomic mass is 32.2. The molecule has 1 aliphatic heterocycles. The summed E-state index contributed by atoms with van der Waals surface area (Å²) >= 11 is 0. The van der Waals surface area contributed by atoms with E-state index in [4.69, 9.17) is 4.74 Å². The molecule has 1 aliphatic rings. The number of H-pyrrole nitrogens is 1. The Morgan fingerprint density at radius 2 is 1.85 bits per heavy atom. The Morgan fingerprint density at radius 3 is 2.52 bits per heavy atom. The smallest absolute Gasteiger partial charge is 0.243 e. The van der Waals surface area contributed by atoms with E-state index in [1.165, 1.54) is 12.6 Å². The molecular weight excluding hydrogens is 438 g/mol. The van der Waals surface area contributed by atoms with Gasteiger partial charge in [0.15, 0.2) is 0 Å². The molecule has 0 saturated carbocycles. The second-order valence-corrected chi connectivity index (χ2v) is 10.9. The van der Waals surface area contributed by atoms with Gasteiger partial charge >= 0.3 is 0 Å². The number of aromatic amines is 1. The molecule has 7 nitrogen and oxygen atoms in total. The van der Waals surface area contributed by atoms with Gasteiger partial charge in [-0.25, -0.2) is 8.42 Å². The summed E-state index contributed by atoms with van der Waals surface area (Å²) in [5.74, 6) is 1.000. The van der Waals surface area contributed by atoms with Gasteiger partial charge in [0.1, 0.15) is 5.75 Å². The number of piperidine rings is 1. The lowest BCUT2D eigenvalue weighted by Gasteiger charge is -2.33. The van der Waals surface area contributed by atoms with Crippen LogP contribution in [-0.4, -0.2) is 62.3 Å². The highest BCUT2D eigenvalue weighted by molar-refractivity contribution is 7.89. The number of fused-ring (bicyclic) bond motifs is 1. The summed E-state index contributed by atoms with van der Waals surface area (Å²) in [5, 5.41) is 1.15. The van der Waals surface area contributed by atoms with E-state index in [2.05, 4.69) is 11.2 Å². The minimum Gasteiger partial charge on any atom is -0.497 e. The van der Waals surface area contributed by atoms with Gasteiger partial charge in [0.25, 0.3) is 0 Å². The average Bonchev–Trinajstić information content (AvgIpc) is 3.23. The van der Waals surface area contributed by atoms with E-state index in [1.807, 2.05) is 32.0 Å². The Hall–Kier alpha value is -2.84. The number of ether oxygens (including phenoxy) is 1. The van der Waals surface area contributed by atoms with Crippen LogP contribution in [0.5, 0.6) is 5.75 Å². The summed E-state index contributed by atoms with van der Waals surface area (Å²) in [4.78, 5) is 18.2. The number of nitrogens with zero attached hydrogens (tertiary/aromatic N) is 2. The van der Waals surface area contributed by atoms with Gasteiger partial charge in [0.05, 0.1) is 18.6 Å². The zero-order valence-electron chi connectivity index (χ0n) is 19.6. The maximum absolute atomic E-state index is 12.9. The van der Waals surface area contributed by atoms with Gasteiger partial charge in [0, 0.05) is 37.2 Å². The molecule has 8 heteroatoms. The van der Waals surface area contributed by atoms with Crippen LogP contribution in [-0.2, 0) is 14.8 Å². The molecule has 176 valence electrons.